The van der Waals surface area contributed by atoms with Crippen LogP contribution in [0.4, 0.5) is 0 Å². The second kappa shape index (κ2) is 21.3. The van der Waals surface area contributed by atoms with Crippen molar-refractivity contribution in [3.05, 3.63) is 60.8 Å². The fourth-order valence-electron chi connectivity index (χ4n) is 2.73. The molecule has 0 saturated carbocycles. The molecular weight excluding hydrogens is 406 g/mol. The number of allylic oxidation sites excluding steroid dienone is 10. The summed E-state index contributed by atoms with van der Waals surface area (Å²) in [5.41, 5.74) is 0. The summed E-state index contributed by atoms with van der Waals surface area (Å²) in [5.74, 6) is -3.01. The zero-order valence-electron chi connectivity index (χ0n) is 19.2. The molecule has 0 saturated heterocycles. The third-order valence-electron chi connectivity index (χ3n) is 4.44. The van der Waals surface area contributed by atoms with Crippen molar-refractivity contribution in [2.24, 2.45) is 0 Å². The van der Waals surface area contributed by atoms with E-state index in [9.17, 15) is 14.4 Å². The highest BCUT2D eigenvalue weighted by Gasteiger charge is 2.22. The summed E-state index contributed by atoms with van der Waals surface area (Å²) in [6.07, 6.45) is 29.5. The minimum Gasteiger partial charge on any atom is -0.481 e. The predicted octanol–water partition coefficient (Wildman–Crippen LogP) is 5.73. The van der Waals surface area contributed by atoms with Gasteiger partial charge < -0.3 is 15.5 Å². The van der Waals surface area contributed by atoms with E-state index in [1.54, 1.807) is 0 Å². The van der Waals surface area contributed by atoms with E-state index in [0.29, 0.717) is 6.42 Å². The van der Waals surface area contributed by atoms with Gasteiger partial charge in [-0.1, -0.05) is 74.1 Å². The summed E-state index contributed by atoms with van der Waals surface area (Å²) in [6.45, 7) is 2.13. The minimum absolute atomic E-state index is 0.203. The fourth-order valence-corrected chi connectivity index (χ4v) is 2.73. The van der Waals surface area contributed by atoms with Gasteiger partial charge in [-0.15, -0.1) is 0 Å². The summed E-state index contributed by atoms with van der Waals surface area (Å²) in [5, 5.41) is 19.8. The van der Waals surface area contributed by atoms with Crippen LogP contribution >= 0.6 is 0 Å². The first-order chi connectivity index (χ1) is 15.5. The largest absolute Gasteiger partial charge is 0.481 e. The number of amides is 1. The van der Waals surface area contributed by atoms with Gasteiger partial charge in [-0.05, 0) is 51.4 Å². The maximum Gasteiger partial charge on any atom is 0.326 e. The molecule has 0 spiro atoms. The lowest BCUT2D eigenvalue weighted by Crippen LogP contribution is -2.42. The Balaban J connectivity index is 3.68. The SMILES string of the molecule is CC/C=C\C/C=C\C/C=C\C/C=C\C/C=C\CCCCCC(=O)N[C@@H](CC(=O)O)C(=O)O. The van der Waals surface area contributed by atoms with E-state index in [4.69, 9.17) is 10.2 Å². The number of carboxylic acids is 2. The van der Waals surface area contributed by atoms with E-state index in [2.05, 4.69) is 73.0 Å². The van der Waals surface area contributed by atoms with Gasteiger partial charge in [0.05, 0.1) is 6.42 Å². The van der Waals surface area contributed by atoms with E-state index in [-0.39, 0.29) is 6.42 Å². The van der Waals surface area contributed by atoms with E-state index in [1.165, 1.54) is 0 Å². The lowest BCUT2D eigenvalue weighted by atomic mass is 10.1. The molecule has 0 aliphatic rings. The topological polar surface area (TPSA) is 104 Å². The van der Waals surface area contributed by atoms with Crippen molar-refractivity contribution < 1.29 is 24.6 Å². The van der Waals surface area contributed by atoms with Gasteiger partial charge in [-0.2, -0.15) is 0 Å². The van der Waals surface area contributed by atoms with Gasteiger partial charge in [0.15, 0.2) is 0 Å². The average Bonchev–Trinajstić information content (AvgIpc) is 2.74. The molecular formula is C26H39NO5. The molecule has 1 atom stereocenters. The number of carbonyl (C=O) groups is 3. The molecule has 0 rings (SSSR count). The van der Waals surface area contributed by atoms with Gasteiger partial charge >= 0.3 is 11.9 Å². The molecule has 0 aliphatic carbocycles. The van der Waals surface area contributed by atoms with Crippen molar-refractivity contribution in [3.8, 4) is 0 Å². The van der Waals surface area contributed by atoms with Crippen LogP contribution in [0.15, 0.2) is 60.8 Å². The number of carbonyl (C=O) groups excluding carboxylic acids is 1. The first-order valence-electron chi connectivity index (χ1n) is 11.5. The van der Waals surface area contributed by atoms with Crippen molar-refractivity contribution in [1.29, 1.82) is 0 Å². The molecule has 0 bridgehead atoms. The van der Waals surface area contributed by atoms with Gasteiger partial charge in [0.1, 0.15) is 6.04 Å². The first-order valence-corrected chi connectivity index (χ1v) is 11.5. The van der Waals surface area contributed by atoms with Gasteiger partial charge in [0, 0.05) is 6.42 Å². The van der Waals surface area contributed by atoms with Crippen LogP contribution < -0.4 is 5.32 Å². The van der Waals surface area contributed by atoms with Crippen LogP contribution in [0.1, 0.15) is 77.6 Å². The summed E-state index contributed by atoms with van der Waals surface area (Å²) in [4.78, 5) is 33.3. The molecule has 6 heteroatoms. The number of rotatable bonds is 19. The van der Waals surface area contributed by atoms with Crippen molar-refractivity contribution in [3.63, 3.8) is 0 Å². The van der Waals surface area contributed by atoms with E-state index >= 15 is 0 Å². The maximum absolute atomic E-state index is 11.7. The zero-order chi connectivity index (χ0) is 23.9. The Bertz CT molecular complexity index is 674. The maximum atomic E-state index is 11.7. The Morgan fingerprint density at radius 3 is 1.69 bits per heavy atom. The minimum atomic E-state index is -1.37. The number of hydrogen-bond acceptors (Lipinski definition) is 3. The molecule has 0 unspecified atom stereocenters. The number of nitrogens with one attached hydrogen (secondary N) is 1. The predicted molar refractivity (Wildman–Crippen MR) is 129 cm³/mol. The molecule has 0 aromatic heterocycles. The van der Waals surface area contributed by atoms with Gasteiger partial charge in [0.2, 0.25) is 5.91 Å². The Hall–Kier alpha value is -2.89. The van der Waals surface area contributed by atoms with Gasteiger partial charge in [-0.3, -0.25) is 9.59 Å². The van der Waals surface area contributed by atoms with Crippen LogP contribution in [-0.2, 0) is 14.4 Å². The lowest BCUT2D eigenvalue weighted by Gasteiger charge is -2.12. The molecule has 0 heterocycles. The normalized spacial score (nSPS) is 13.2. The number of unbranched alkanes of at least 4 members (excludes halogenated alkanes) is 3. The summed E-state index contributed by atoms with van der Waals surface area (Å²) < 4.78 is 0. The quantitative estimate of drug-likeness (QED) is 0.174. The zero-order valence-corrected chi connectivity index (χ0v) is 19.2. The third-order valence-corrected chi connectivity index (χ3v) is 4.44. The lowest BCUT2D eigenvalue weighted by molar-refractivity contribution is -0.147. The van der Waals surface area contributed by atoms with Crippen LogP contribution in [0.3, 0.4) is 0 Å². The van der Waals surface area contributed by atoms with Crippen molar-refractivity contribution in [1.82, 2.24) is 5.32 Å². The monoisotopic (exact) mass is 445 g/mol. The molecule has 32 heavy (non-hydrogen) atoms. The van der Waals surface area contributed by atoms with Crippen molar-refractivity contribution in [2.75, 3.05) is 0 Å². The standard InChI is InChI=1S/C26H39NO5/c1-2-3-4-5-6-7-8-9-10-11-12-13-14-15-16-17-18-19-20-21-24(28)27-23(26(31)32)22-25(29)30/h3-4,6-7,9-10,12-13,15-16,23H,2,5,8,11,14,17-22H2,1H3,(H,27,28)(H,29,30)(H,31,32)/b4-3-,7-6-,10-9-,13-12-,16-15-/t23-/m0/s1. The molecule has 0 radical (unpaired) electrons. The molecule has 6 nitrogen and oxygen atoms in total. The molecule has 0 aliphatic heterocycles. The Labute approximate surface area is 192 Å². The van der Waals surface area contributed by atoms with Crippen LogP contribution in [-0.4, -0.2) is 34.1 Å². The number of hydrogen-bond donors (Lipinski definition) is 3. The van der Waals surface area contributed by atoms with Crippen LogP contribution in [0.2, 0.25) is 0 Å². The summed E-state index contributed by atoms with van der Waals surface area (Å²) >= 11 is 0. The fraction of sp³-hybridized carbons (Fsp3) is 0.500. The van der Waals surface area contributed by atoms with E-state index in [1.807, 2.05) is 0 Å². The molecule has 1 amide bonds. The second-order valence-corrected chi connectivity index (χ2v) is 7.36. The van der Waals surface area contributed by atoms with Crippen molar-refractivity contribution in [2.45, 2.75) is 83.6 Å². The average molecular weight is 446 g/mol. The summed E-state index contributed by atoms with van der Waals surface area (Å²) in [6, 6.07) is -1.37. The Morgan fingerprint density at radius 2 is 1.22 bits per heavy atom. The molecule has 3 N–H and O–H groups in total. The summed E-state index contributed by atoms with van der Waals surface area (Å²) in [7, 11) is 0. The van der Waals surface area contributed by atoms with E-state index < -0.39 is 30.3 Å². The molecule has 0 aromatic carbocycles. The Kier molecular flexibility index (Phi) is 19.4. The Morgan fingerprint density at radius 1 is 0.719 bits per heavy atom. The highest BCUT2D eigenvalue weighted by molar-refractivity contribution is 5.86. The number of carboxylic acid groups (broad SMARTS) is 2. The van der Waals surface area contributed by atoms with Crippen molar-refractivity contribution >= 4 is 17.8 Å². The molecule has 0 fully saturated rings. The molecule has 178 valence electrons. The smallest absolute Gasteiger partial charge is 0.326 e. The van der Waals surface area contributed by atoms with E-state index in [0.717, 1.165) is 51.4 Å². The first kappa shape index (κ1) is 29.1. The second-order valence-electron chi connectivity index (χ2n) is 7.36. The van der Waals surface area contributed by atoms with Gasteiger partial charge in [0.25, 0.3) is 0 Å². The number of aliphatic carboxylic acids is 2. The van der Waals surface area contributed by atoms with Crippen LogP contribution in [0, 0.1) is 0 Å². The highest BCUT2D eigenvalue weighted by Crippen LogP contribution is 2.05. The van der Waals surface area contributed by atoms with Crippen LogP contribution in [0.5, 0.6) is 0 Å². The highest BCUT2D eigenvalue weighted by atomic mass is 16.4. The van der Waals surface area contributed by atoms with Gasteiger partial charge in [-0.25, -0.2) is 4.79 Å². The third kappa shape index (κ3) is 20.4. The van der Waals surface area contributed by atoms with Crippen LogP contribution in [0.25, 0.3) is 0 Å². The molecule has 0 aromatic rings.